The van der Waals surface area contributed by atoms with E-state index in [0.717, 1.165) is 5.56 Å². The first kappa shape index (κ1) is 25.9. The number of carbonyl (C=O) groups excluding carboxylic acids is 2. The highest BCUT2D eigenvalue weighted by atomic mass is 16.6. The standard InChI is InChI=1S/C27H25N3O6/c1-18-23(26(31)35-16-8-12-20-10-4-3-5-11-20)25(21-13-6-7-14-22(21)30(33)34)24(19(2)29-18)27(32)36-17-9-15-28/h3-8,10-14,25,29H,9,16-17H2,1-2H3. The van der Waals surface area contributed by atoms with Gasteiger partial charge in [0, 0.05) is 23.0 Å². The molecule has 1 heterocycles. The number of allylic oxidation sites excluding steroid dienone is 2. The van der Waals surface area contributed by atoms with Gasteiger partial charge in [-0.05, 0) is 25.5 Å². The van der Waals surface area contributed by atoms with Gasteiger partial charge in [-0.15, -0.1) is 0 Å². The Morgan fingerprint density at radius 1 is 1.03 bits per heavy atom. The lowest BCUT2D eigenvalue weighted by atomic mass is 9.79. The Morgan fingerprint density at radius 2 is 1.64 bits per heavy atom. The molecule has 9 heteroatoms. The normalized spacial score (nSPS) is 15.3. The fourth-order valence-electron chi connectivity index (χ4n) is 3.96. The van der Waals surface area contributed by atoms with E-state index in [2.05, 4.69) is 5.32 Å². The van der Waals surface area contributed by atoms with Crippen molar-refractivity contribution in [2.75, 3.05) is 13.2 Å². The van der Waals surface area contributed by atoms with Crippen LogP contribution in [0.1, 0.15) is 37.3 Å². The Kier molecular flexibility index (Phi) is 8.73. The molecule has 2 aromatic rings. The van der Waals surface area contributed by atoms with Crippen molar-refractivity contribution in [3.63, 3.8) is 0 Å². The number of hydrogen-bond acceptors (Lipinski definition) is 8. The molecule has 1 atom stereocenters. The molecule has 1 N–H and O–H groups in total. The number of nitro benzene ring substituents is 1. The third kappa shape index (κ3) is 6.04. The van der Waals surface area contributed by atoms with Gasteiger partial charge in [-0.2, -0.15) is 5.26 Å². The number of esters is 2. The minimum absolute atomic E-state index is 0.0147. The molecule has 1 aliphatic rings. The third-order valence-electron chi connectivity index (χ3n) is 5.51. The summed E-state index contributed by atoms with van der Waals surface area (Å²) in [5.74, 6) is -2.61. The molecule has 0 spiro atoms. The second kappa shape index (κ2) is 12.1. The molecule has 0 saturated carbocycles. The van der Waals surface area contributed by atoms with E-state index in [1.165, 1.54) is 18.2 Å². The first-order valence-corrected chi connectivity index (χ1v) is 11.2. The van der Waals surface area contributed by atoms with Gasteiger partial charge in [0.2, 0.25) is 0 Å². The summed E-state index contributed by atoms with van der Waals surface area (Å²) in [5, 5.41) is 23.6. The van der Waals surface area contributed by atoms with Crippen molar-refractivity contribution in [2.45, 2.75) is 26.2 Å². The third-order valence-corrected chi connectivity index (χ3v) is 5.51. The van der Waals surface area contributed by atoms with Gasteiger partial charge < -0.3 is 14.8 Å². The molecule has 184 valence electrons. The van der Waals surface area contributed by atoms with Crippen molar-refractivity contribution in [2.24, 2.45) is 0 Å². The quantitative estimate of drug-likeness (QED) is 0.236. The number of nitro groups is 1. The van der Waals surface area contributed by atoms with Crippen LogP contribution in [0.5, 0.6) is 0 Å². The smallest absolute Gasteiger partial charge is 0.337 e. The summed E-state index contributed by atoms with van der Waals surface area (Å²) in [6, 6.07) is 17.3. The predicted molar refractivity (Wildman–Crippen MR) is 132 cm³/mol. The van der Waals surface area contributed by atoms with Crippen molar-refractivity contribution in [3.8, 4) is 6.07 Å². The minimum atomic E-state index is -1.10. The van der Waals surface area contributed by atoms with Crippen molar-refractivity contribution in [3.05, 3.63) is 104 Å². The van der Waals surface area contributed by atoms with Gasteiger partial charge in [-0.3, -0.25) is 10.1 Å². The van der Waals surface area contributed by atoms with Gasteiger partial charge in [0.25, 0.3) is 5.69 Å². The molecule has 0 radical (unpaired) electrons. The van der Waals surface area contributed by atoms with E-state index in [9.17, 15) is 19.7 Å². The number of nitrogens with one attached hydrogen (secondary N) is 1. The number of ether oxygens (including phenoxy) is 2. The number of para-hydroxylation sites is 1. The molecule has 0 aromatic heterocycles. The zero-order chi connectivity index (χ0) is 26.1. The van der Waals surface area contributed by atoms with E-state index in [0.29, 0.717) is 11.4 Å². The number of carbonyl (C=O) groups is 2. The molecule has 0 aliphatic carbocycles. The van der Waals surface area contributed by atoms with Crippen LogP contribution in [0.2, 0.25) is 0 Å². The summed E-state index contributed by atoms with van der Waals surface area (Å²) >= 11 is 0. The molecule has 0 bridgehead atoms. The van der Waals surface area contributed by atoms with Crippen LogP contribution in [0, 0.1) is 21.4 Å². The van der Waals surface area contributed by atoms with Gasteiger partial charge in [-0.1, -0.05) is 54.6 Å². The zero-order valence-electron chi connectivity index (χ0n) is 19.9. The number of hydrogen-bond donors (Lipinski definition) is 1. The van der Waals surface area contributed by atoms with E-state index in [-0.39, 0.29) is 42.0 Å². The van der Waals surface area contributed by atoms with Crippen LogP contribution in [0.4, 0.5) is 5.69 Å². The van der Waals surface area contributed by atoms with Crippen molar-refractivity contribution < 1.29 is 24.0 Å². The maximum Gasteiger partial charge on any atom is 0.337 e. The summed E-state index contributed by atoms with van der Waals surface area (Å²) in [7, 11) is 0. The van der Waals surface area contributed by atoms with Gasteiger partial charge in [-0.25, -0.2) is 9.59 Å². The van der Waals surface area contributed by atoms with E-state index >= 15 is 0 Å². The molecule has 36 heavy (non-hydrogen) atoms. The number of dihydropyridines is 1. The fourth-order valence-corrected chi connectivity index (χ4v) is 3.96. The van der Waals surface area contributed by atoms with Crippen molar-refractivity contribution in [1.82, 2.24) is 5.32 Å². The molecular weight excluding hydrogens is 462 g/mol. The number of nitrogens with zero attached hydrogens (tertiary/aromatic N) is 2. The van der Waals surface area contributed by atoms with Crippen LogP contribution < -0.4 is 5.32 Å². The van der Waals surface area contributed by atoms with E-state index in [1.54, 1.807) is 32.1 Å². The Bertz CT molecular complexity index is 1290. The van der Waals surface area contributed by atoms with Crippen molar-refractivity contribution in [1.29, 1.82) is 5.26 Å². The highest BCUT2D eigenvalue weighted by molar-refractivity contribution is 6.00. The highest BCUT2D eigenvalue weighted by Gasteiger charge is 2.40. The number of rotatable bonds is 9. The second-order valence-corrected chi connectivity index (χ2v) is 7.91. The van der Waals surface area contributed by atoms with Gasteiger partial charge >= 0.3 is 11.9 Å². The molecular formula is C27H25N3O6. The molecule has 0 fully saturated rings. The van der Waals surface area contributed by atoms with Crippen LogP contribution in [0.15, 0.2) is 83.2 Å². The lowest BCUT2D eigenvalue weighted by Gasteiger charge is -2.30. The van der Waals surface area contributed by atoms with E-state index < -0.39 is 22.8 Å². The summed E-state index contributed by atoms with van der Waals surface area (Å²) in [4.78, 5) is 37.6. The van der Waals surface area contributed by atoms with E-state index in [4.69, 9.17) is 14.7 Å². The van der Waals surface area contributed by atoms with Crippen LogP contribution in [0.3, 0.4) is 0 Å². The second-order valence-electron chi connectivity index (χ2n) is 7.91. The Hall–Kier alpha value is -4.71. The SMILES string of the molecule is CC1=C(C(=O)OCC=Cc2ccccc2)C(c2ccccc2[N+](=O)[O-])C(C(=O)OCCC#N)=C(C)N1. The average Bonchev–Trinajstić information content (AvgIpc) is 2.86. The molecule has 9 nitrogen and oxygen atoms in total. The average molecular weight is 488 g/mol. The van der Waals surface area contributed by atoms with Gasteiger partial charge in [0.15, 0.2) is 0 Å². The van der Waals surface area contributed by atoms with Crippen LogP contribution in [0.25, 0.3) is 6.08 Å². The fraction of sp³-hybridized carbons (Fsp3) is 0.222. The first-order valence-electron chi connectivity index (χ1n) is 11.2. The maximum atomic E-state index is 13.3. The number of nitriles is 1. The summed E-state index contributed by atoms with van der Waals surface area (Å²) in [6.07, 6.45) is 3.46. The summed E-state index contributed by atoms with van der Waals surface area (Å²) in [6.45, 7) is 3.07. The van der Waals surface area contributed by atoms with Crippen LogP contribution in [-0.2, 0) is 19.1 Å². The molecule has 0 saturated heterocycles. The summed E-state index contributed by atoms with van der Waals surface area (Å²) < 4.78 is 10.7. The first-order chi connectivity index (χ1) is 17.3. The molecule has 1 aliphatic heterocycles. The predicted octanol–water partition coefficient (Wildman–Crippen LogP) is 4.54. The van der Waals surface area contributed by atoms with Gasteiger partial charge in [0.1, 0.15) is 13.2 Å². The Morgan fingerprint density at radius 3 is 2.28 bits per heavy atom. The van der Waals surface area contributed by atoms with Gasteiger partial charge in [0.05, 0.1) is 34.5 Å². The molecule has 1 unspecified atom stereocenters. The highest BCUT2D eigenvalue weighted by Crippen LogP contribution is 2.42. The number of benzene rings is 2. The topological polar surface area (TPSA) is 132 Å². The molecule has 0 amide bonds. The van der Waals surface area contributed by atoms with Crippen molar-refractivity contribution >= 4 is 23.7 Å². The monoisotopic (exact) mass is 487 g/mol. The minimum Gasteiger partial charge on any atom is -0.461 e. The zero-order valence-corrected chi connectivity index (χ0v) is 19.9. The molecule has 3 rings (SSSR count). The van der Waals surface area contributed by atoms with Crippen LogP contribution >= 0.6 is 0 Å². The largest absolute Gasteiger partial charge is 0.461 e. The Balaban J connectivity index is 1.98. The van der Waals surface area contributed by atoms with E-state index in [1.807, 2.05) is 36.4 Å². The molecule has 2 aromatic carbocycles. The maximum absolute atomic E-state index is 13.3. The Labute approximate surface area is 208 Å². The summed E-state index contributed by atoms with van der Waals surface area (Å²) in [5.41, 5.74) is 1.74. The lowest BCUT2D eigenvalue weighted by Crippen LogP contribution is -2.33. The lowest BCUT2D eigenvalue weighted by molar-refractivity contribution is -0.385. The van der Waals surface area contributed by atoms with Crippen LogP contribution in [-0.4, -0.2) is 30.1 Å².